The van der Waals surface area contributed by atoms with Gasteiger partial charge in [-0.1, -0.05) is 26.2 Å². The number of amides is 2. The first-order chi connectivity index (χ1) is 11.0. The molecule has 1 atom stereocenters. The highest BCUT2D eigenvalue weighted by Gasteiger charge is 2.41. The second kappa shape index (κ2) is 6.82. The third-order valence-electron chi connectivity index (χ3n) is 6.64. The number of hydrogen-bond acceptors (Lipinski definition) is 2. The Morgan fingerprint density at radius 2 is 1.43 bits per heavy atom. The summed E-state index contributed by atoms with van der Waals surface area (Å²) in [6.07, 6.45) is 9.25. The standard InChI is InChI=1S/C19H32N2O2/c1-15(22)20-11-6-16(7-12-20)17-8-13-21(14-17)18(23)19(2)9-4-3-5-10-19/h16-17H,3-14H2,1-2H3. The number of carbonyl (C=O) groups is 2. The Morgan fingerprint density at radius 1 is 0.870 bits per heavy atom. The molecule has 4 heteroatoms. The largest absolute Gasteiger partial charge is 0.343 e. The second-order valence-corrected chi connectivity index (χ2v) is 8.26. The van der Waals surface area contributed by atoms with E-state index in [0.717, 1.165) is 58.3 Å². The molecule has 1 unspecified atom stereocenters. The van der Waals surface area contributed by atoms with Crippen molar-refractivity contribution in [3.63, 3.8) is 0 Å². The average Bonchev–Trinajstić information content (AvgIpc) is 3.04. The van der Waals surface area contributed by atoms with E-state index in [-0.39, 0.29) is 11.3 Å². The molecule has 3 aliphatic rings. The van der Waals surface area contributed by atoms with Gasteiger partial charge in [-0.05, 0) is 43.9 Å². The Balaban J connectivity index is 1.52. The summed E-state index contributed by atoms with van der Waals surface area (Å²) in [6, 6.07) is 0. The van der Waals surface area contributed by atoms with Crippen LogP contribution in [0.25, 0.3) is 0 Å². The molecule has 4 nitrogen and oxygen atoms in total. The molecule has 1 saturated carbocycles. The van der Waals surface area contributed by atoms with Crippen molar-refractivity contribution >= 4 is 11.8 Å². The SMILES string of the molecule is CC(=O)N1CCC(C2CCN(C(=O)C3(C)CCCCC3)C2)CC1. The van der Waals surface area contributed by atoms with Gasteiger partial charge < -0.3 is 9.80 Å². The van der Waals surface area contributed by atoms with E-state index >= 15 is 0 Å². The topological polar surface area (TPSA) is 40.6 Å². The molecule has 2 saturated heterocycles. The molecule has 2 amide bonds. The first-order valence-electron chi connectivity index (χ1n) is 9.54. The molecule has 23 heavy (non-hydrogen) atoms. The minimum atomic E-state index is -0.0921. The van der Waals surface area contributed by atoms with E-state index in [0.29, 0.717) is 17.7 Å². The van der Waals surface area contributed by atoms with Crippen molar-refractivity contribution in [3.8, 4) is 0 Å². The zero-order chi connectivity index (χ0) is 16.4. The summed E-state index contributed by atoms with van der Waals surface area (Å²) in [4.78, 5) is 28.5. The molecule has 0 spiro atoms. The Morgan fingerprint density at radius 3 is 2.04 bits per heavy atom. The van der Waals surface area contributed by atoms with Gasteiger partial charge in [-0.15, -0.1) is 0 Å². The fourth-order valence-electron chi connectivity index (χ4n) is 4.97. The molecule has 130 valence electrons. The molecule has 0 aromatic rings. The van der Waals surface area contributed by atoms with Gasteiger partial charge in [0.1, 0.15) is 0 Å². The molecule has 0 bridgehead atoms. The summed E-state index contributed by atoms with van der Waals surface area (Å²) in [6.45, 7) is 7.57. The van der Waals surface area contributed by atoms with Crippen molar-refractivity contribution in [1.82, 2.24) is 9.80 Å². The third kappa shape index (κ3) is 3.56. The number of rotatable bonds is 2. The van der Waals surface area contributed by atoms with Crippen molar-refractivity contribution < 1.29 is 9.59 Å². The normalized spacial score (nSPS) is 28.9. The van der Waals surface area contributed by atoms with Crippen LogP contribution in [0, 0.1) is 17.3 Å². The smallest absolute Gasteiger partial charge is 0.228 e. The molecule has 0 aromatic carbocycles. The number of likely N-dealkylation sites (tertiary alicyclic amines) is 2. The van der Waals surface area contributed by atoms with Crippen LogP contribution in [0.1, 0.15) is 65.2 Å². The van der Waals surface area contributed by atoms with Crippen LogP contribution in [0.5, 0.6) is 0 Å². The van der Waals surface area contributed by atoms with Gasteiger partial charge in [-0.3, -0.25) is 9.59 Å². The van der Waals surface area contributed by atoms with Gasteiger partial charge in [-0.2, -0.15) is 0 Å². The lowest BCUT2D eigenvalue weighted by Crippen LogP contribution is -2.43. The molecule has 3 fully saturated rings. The van der Waals surface area contributed by atoms with Crippen molar-refractivity contribution in [2.45, 2.75) is 65.2 Å². The van der Waals surface area contributed by atoms with Crippen molar-refractivity contribution in [2.75, 3.05) is 26.2 Å². The Kier molecular flexibility index (Phi) is 4.98. The molecule has 2 aliphatic heterocycles. The molecule has 0 N–H and O–H groups in total. The van der Waals surface area contributed by atoms with Crippen molar-refractivity contribution in [1.29, 1.82) is 0 Å². The van der Waals surface area contributed by atoms with Gasteiger partial charge in [0.15, 0.2) is 0 Å². The Labute approximate surface area is 140 Å². The lowest BCUT2D eigenvalue weighted by Gasteiger charge is -2.37. The van der Waals surface area contributed by atoms with Crippen LogP contribution in [-0.4, -0.2) is 47.8 Å². The van der Waals surface area contributed by atoms with Gasteiger partial charge in [0.25, 0.3) is 0 Å². The summed E-state index contributed by atoms with van der Waals surface area (Å²) in [5, 5.41) is 0. The van der Waals surface area contributed by atoms with E-state index in [1.54, 1.807) is 6.92 Å². The van der Waals surface area contributed by atoms with E-state index in [4.69, 9.17) is 0 Å². The molecular formula is C19H32N2O2. The highest BCUT2D eigenvalue weighted by molar-refractivity contribution is 5.82. The van der Waals surface area contributed by atoms with Crippen LogP contribution in [0.4, 0.5) is 0 Å². The van der Waals surface area contributed by atoms with Crippen molar-refractivity contribution in [2.24, 2.45) is 17.3 Å². The summed E-state index contributed by atoms with van der Waals surface area (Å²) < 4.78 is 0. The van der Waals surface area contributed by atoms with Crippen LogP contribution in [-0.2, 0) is 9.59 Å². The number of hydrogen-bond donors (Lipinski definition) is 0. The van der Waals surface area contributed by atoms with Crippen LogP contribution in [0.2, 0.25) is 0 Å². The number of piperidine rings is 1. The summed E-state index contributed by atoms with van der Waals surface area (Å²) in [5.41, 5.74) is -0.0921. The lowest BCUT2D eigenvalue weighted by molar-refractivity contribution is -0.142. The van der Waals surface area contributed by atoms with E-state index in [9.17, 15) is 9.59 Å². The van der Waals surface area contributed by atoms with E-state index in [2.05, 4.69) is 11.8 Å². The Bertz CT molecular complexity index is 448. The first-order valence-corrected chi connectivity index (χ1v) is 9.54. The molecule has 1 aliphatic carbocycles. The molecule has 0 aromatic heterocycles. The summed E-state index contributed by atoms with van der Waals surface area (Å²) in [7, 11) is 0. The minimum Gasteiger partial charge on any atom is -0.343 e. The lowest BCUT2D eigenvalue weighted by atomic mass is 9.74. The number of nitrogens with zero attached hydrogens (tertiary/aromatic N) is 2. The molecule has 2 heterocycles. The zero-order valence-electron chi connectivity index (χ0n) is 14.9. The summed E-state index contributed by atoms with van der Waals surface area (Å²) in [5.74, 6) is 1.97. The third-order valence-corrected chi connectivity index (χ3v) is 6.64. The van der Waals surface area contributed by atoms with E-state index in [1.807, 2.05) is 4.90 Å². The van der Waals surface area contributed by atoms with Crippen LogP contribution in [0.15, 0.2) is 0 Å². The van der Waals surface area contributed by atoms with Crippen LogP contribution in [0.3, 0.4) is 0 Å². The van der Waals surface area contributed by atoms with E-state index < -0.39 is 0 Å². The predicted octanol–water partition coefficient (Wildman–Crippen LogP) is 3.06. The molecule has 0 radical (unpaired) electrons. The van der Waals surface area contributed by atoms with Crippen molar-refractivity contribution in [3.05, 3.63) is 0 Å². The Hall–Kier alpha value is -1.06. The van der Waals surface area contributed by atoms with Crippen LogP contribution < -0.4 is 0 Å². The monoisotopic (exact) mass is 320 g/mol. The molecule has 3 rings (SSSR count). The van der Waals surface area contributed by atoms with Gasteiger partial charge in [0, 0.05) is 38.5 Å². The minimum absolute atomic E-state index is 0.0921. The quantitative estimate of drug-likeness (QED) is 0.784. The van der Waals surface area contributed by atoms with Gasteiger partial charge >= 0.3 is 0 Å². The first kappa shape index (κ1) is 16.8. The predicted molar refractivity (Wildman–Crippen MR) is 90.9 cm³/mol. The van der Waals surface area contributed by atoms with Gasteiger partial charge in [0.05, 0.1) is 0 Å². The van der Waals surface area contributed by atoms with E-state index in [1.165, 1.54) is 19.3 Å². The fourth-order valence-corrected chi connectivity index (χ4v) is 4.97. The molecular weight excluding hydrogens is 288 g/mol. The maximum absolute atomic E-state index is 13.0. The summed E-state index contributed by atoms with van der Waals surface area (Å²) >= 11 is 0. The van der Waals surface area contributed by atoms with Gasteiger partial charge in [-0.25, -0.2) is 0 Å². The fraction of sp³-hybridized carbons (Fsp3) is 0.895. The number of carbonyl (C=O) groups excluding carboxylic acids is 2. The second-order valence-electron chi connectivity index (χ2n) is 8.26. The maximum atomic E-state index is 13.0. The highest BCUT2D eigenvalue weighted by Crippen LogP contribution is 2.40. The maximum Gasteiger partial charge on any atom is 0.228 e. The highest BCUT2D eigenvalue weighted by atomic mass is 16.2. The average molecular weight is 320 g/mol. The van der Waals surface area contributed by atoms with Gasteiger partial charge in [0.2, 0.25) is 11.8 Å². The van der Waals surface area contributed by atoms with Crippen LogP contribution >= 0.6 is 0 Å². The zero-order valence-corrected chi connectivity index (χ0v) is 14.9.